The van der Waals surface area contributed by atoms with Gasteiger partial charge >= 0.3 is 6.36 Å². The predicted octanol–water partition coefficient (Wildman–Crippen LogP) is 5.19. The second kappa shape index (κ2) is 8.26. The molecule has 1 aliphatic heterocycles. The predicted molar refractivity (Wildman–Crippen MR) is 94.0 cm³/mol. The third-order valence-electron chi connectivity index (χ3n) is 4.21. The number of amides is 1. The quantitative estimate of drug-likeness (QED) is 0.628. The Bertz CT molecular complexity index is 849. The lowest BCUT2D eigenvalue weighted by molar-refractivity contribution is -0.274. The smallest absolute Gasteiger partial charge is 0.489 e. The molecule has 0 N–H and O–H groups in total. The number of hydrogen-bond donors (Lipinski definition) is 0. The fraction of sp³-hybridized carbons (Fsp3) is 0.316. The van der Waals surface area contributed by atoms with Gasteiger partial charge in [-0.2, -0.15) is 0 Å². The van der Waals surface area contributed by atoms with Gasteiger partial charge in [-0.3, -0.25) is 4.79 Å². The van der Waals surface area contributed by atoms with E-state index in [0.717, 1.165) is 31.0 Å². The highest BCUT2D eigenvalue weighted by Crippen LogP contribution is 2.27. The molecular formula is C19H16ClF4NO3. The molecule has 0 aliphatic carbocycles. The molecule has 0 bridgehead atoms. The fourth-order valence-corrected chi connectivity index (χ4v) is 3.07. The molecular weight excluding hydrogens is 402 g/mol. The summed E-state index contributed by atoms with van der Waals surface area (Å²) in [5, 5.41) is 0.168. The average Bonchev–Trinajstić information content (AvgIpc) is 3.16. The summed E-state index contributed by atoms with van der Waals surface area (Å²) in [7, 11) is 0. The number of nitrogens with zero attached hydrogens (tertiary/aromatic N) is 1. The van der Waals surface area contributed by atoms with Crippen LogP contribution in [-0.4, -0.2) is 30.3 Å². The standard InChI is InChI=1S/C19H16ClF4NO3/c20-16-10-15(18(26)25-7-1-2-8-25)17(21)9-12(16)11-27-13-3-5-14(6-4-13)28-19(22,23)24/h3-6,9-10H,1-2,7-8,11H2. The second-order valence-electron chi connectivity index (χ2n) is 6.23. The topological polar surface area (TPSA) is 38.8 Å². The van der Waals surface area contributed by atoms with Gasteiger partial charge < -0.3 is 14.4 Å². The number of rotatable bonds is 5. The van der Waals surface area contributed by atoms with E-state index in [0.29, 0.717) is 18.7 Å². The van der Waals surface area contributed by atoms with E-state index < -0.39 is 18.1 Å². The Morgan fingerprint density at radius 1 is 1.07 bits per heavy atom. The molecule has 0 spiro atoms. The summed E-state index contributed by atoms with van der Waals surface area (Å²) in [5.74, 6) is -1.23. The molecule has 3 rings (SSSR count). The molecule has 2 aromatic carbocycles. The highest BCUT2D eigenvalue weighted by molar-refractivity contribution is 6.31. The van der Waals surface area contributed by atoms with Crippen LogP contribution in [0.3, 0.4) is 0 Å². The summed E-state index contributed by atoms with van der Waals surface area (Å²) in [6.45, 7) is 1.07. The highest BCUT2D eigenvalue weighted by Gasteiger charge is 2.31. The van der Waals surface area contributed by atoms with Gasteiger partial charge in [0.15, 0.2) is 0 Å². The van der Waals surface area contributed by atoms with Crippen molar-refractivity contribution in [1.29, 1.82) is 0 Å². The Kier molecular flexibility index (Phi) is 5.98. The van der Waals surface area contributed by atoms with Crippen LogP contribution in [0.4, 0.5) is 17.6 Å². The van der Waals surface area contributed by atoms with E-state index in [2.05, 4.69) is 4.74 Å². The number of carbonyl (C=O) groups excluding carboxylic acids is 1. The normalized spacial score (nSPS) is 14.2. The zero-order chi connectivity index (χ0) is 20.3. The SMILES string of the molecule is O=C(c1cc(Cl)c(COc2ccc(OC(F)(F)F)cc2)cc1F)N1CCCC1. The van der Waals surface area contributed by atoms with Crippen molar-refractivity contribution in [1.82, 2.24) is 4.90 Å². The molecule has 1 fully saturated rings. The number of alkyl halides is 3. The summed E-state index contributed by atoms with van der Waals surface area (Å²) in [6, 6.07) is 7.18. The summed E-state index contributed by atoms with van der Waals surface area (Å²) in [5.41, 5.74) is 0.219. The molecule has 0 radical (unpaired) electrons. The third kappa shape index (κ3) is 5.07. The van der Waals surface area contributed by atoms with E-state index in [4.69, 9.17) is 16.3 Å². The number of benzene rings is 2. The first-order chi connectivity index (χ1) is 13.2. The van der Waals surface area contributed by atoms with Crippen LogP contribution in [0.5, 0.6) is 11.5 Å². The minimum atomic E-state index is -4.78. The molecule has 2 aromatic rings. The minimum Gasteiger partial charge on any atom is -0.489 e. The Morgan fingerprint density at radius 2 is 1.68 bits per heavy atom. The van der Waals surface area contributed by atoms with Crippen LogP contribution in [0.25, 0.3) is 0 Å². The van der Waals surface area contributed by atoms with E-state index in [1.165, 1.54) is 18.2 Å². The lowest BCUT2D eigenvalue weighted by atomic mass is 10.1. The van der Waals surface area contributed by atoms with Crippen molar-refractivity contribution in [2.45, 2.75) is 25.8 Å². The first kappa shape index (κ1) is 20.3. The maximum absolute atomic E-state index is 14.4. The number of carbonyl (C=O) groups is 1. The number of likely N-dealkylation sites (tertiary alicyclic amines) is 1. The summed E-state index contributed by atoms with van der Waals surface area (Å²) < 4.78 is 60.0. The Labute approximate surface area is 163 Å². The van der Waals surface area contributed by atoms with E-state index >= 15 is 0 Å². The Morgan fingerprint density at radius 3 is 2.29 bits per heavy atom. The first-order valence-corrected chi connectivity index (χ1v) is 8.86. The largest absolute Gasteiger partial charge is 0.573 e. The highest BCUT2D eigenvalue weighted by atomic mass is 35.5. The van der Waals surface area contributed by atoms with Gasteiger partial charge in [0, 0.05) is 23.7 Å². The Balaban J connectivity index is 1.66. The van der Waals surface area contributed by atoms with Crippen molar-refractivity contribution < 1.29 is 31.8 Å². The van der Waals surface area contributed by atoms with Crippen molar-refractivity contribution in [3.05, 3.63) is 58.4 Å². The van der Waals surface area contributed by atoms with Gasteiger partial charge in [0.2, 0.25) is 0 Å². The maximum atomic E-state index is 14.4. The minimum absolute atomic E-state index is 0.0932. The van der Waals surface area contributed by atoms with Crippen molar-refractivity contribution in [2.75, 3.05) is 13.1 Å². The van der Waals surface area contributed by atoms with Gasteiger partial charge in [-0.25, -0.2) is 4.39 Å². The van der Waals surface area contributed by atoms with Crippen molar-refractivity contribution in [3.63, 3.8) is 0 Å². The second-order valence-corrected chi connectivity index (χ2v) is 6.64. The van der Waals surface area contributed by atoms with E-state index in [1.54, 1.807) is 4.90 Å². The molecule has 0 aromatic heterocycles. The van der Waals surface area contributed by atoms with E-state index in [9.17, 15) is 22.4 Å². The van der Waals surface area contributed by atoms with Crippen LogP contribution in [0.2, 0.25) is 5.02 Å². The summed E-state index contributed by atoms with van der Waals surface area (Å²) in [4.78, 5) is 13.9. The Hall–Kier alpha value is -2.48. The zero-order valence-electron chi connectivity index (χ0n) is 14.6. The van der Waals surface area contributed by atoms with Crippen LogP contribution in [0.1, 0.15) is 28.8 Å². The van der Waals surface area contributed by atoms with Crippen LogP contribution in [0.15, 0.2) is 36.4 Å². The zero-order valence-corrected chi connectivity index (χ0v) is 15.3. The number of ether oxygens (including phenoxy) is 2. The summed E-state index contributed by atoms with van der Waals surface area (Å²) >= 11 is 6.15. The van der Waals surface area contributed by atoms with Gasteiger partial charge in [0.05, 0.1) is 5.56 Å². The van der Waals surface area contributed by atoms with Crippen LogP contribution >= 0.6 is 11.6 Å². The molecule has 1 saturated heterocycles. The van der Waals surface area contributed by atoms with Crippen molar-refractivity contribution in [2.24, 2.45) is 0 Å². The monoisotopic (exact) mass is 417 g/mol. The molecule has 1 amide bonds. The lowest BCUT2D eigenvalue weighted by Crippen LogP contribution is -2.28. The number of hydrogen-bond acceptors (Lipinski definition) is 3. The lowest BCUT2D eigenvalue weighted by Gasteiger charge is -2.17. The molecule has 0 unspecified atom stereocenters. The molecule has 1 aliphatic rings. The maximum Gasteiger partial charge on any atom is 0.573 e. The molecule has 0 atom stereocenters. The van der Waals surface area contributed by atoms with Crippen LogP contribution in [-0.2, 0) is 6.61 Å². The van der Waals surface area contributed by atoms with Gasteiger partial charge in [-0.05, 0) is 49.2 Å². The molecule has 9 heteroatoms. The molecule has 0 saturated carbocycles. The van der Waals surface area contributed by atoms with Gasteiger partial charge in [0.1, 0.15) is 23.9 Å². The first-order valence-electron chi connectivity index (χ1n) is 8.49. The van der Waals surface area contributed by atoms with Crippen molar-refractivity contribution >= 4 is 17.5 Å². The fourth-order valence-electron chi connectivity index (χ4n) is 2.85. The average molecular weight is 418 g/mol. The van der Waals surface area contributed by atoms with Gasteiger partial charge in [0.25, 0.3) is 5.91 Å². The van der Waals surface area contributed by atoms with Crippen LogP contribution in [0, 0.1) is 5.82 Å². The molecule has 4 nitrogen and oxygen atoms in total. The van der Waals surface area contributed by atoms with Crippen LogP contribution < -0.4 is 9.47 Å². The van der Waals surface area contributed by atoms with Gasteiger partial charge in [-0.1, -0.05) is 11.6 Å². The van der Waals surface area contributed by atoms with E-state index in [1.807, 2.05) is 0 Å². The third-order valence-corrected chi connectivity index (χ3v) is 4.56. The molecule has 1 heterocycles. The molecule has 150 valence electrons. The molecule has 28 heavy (non-hydrogen) atoms. The van der Waals surface area contributed by atoms with Gasteiger partial charge in [-0.15, -0.1) is 13.2 Å². The summed E-state index contributed by atoms with van der Waals surface area (Å²) in [6.07, 6.45) is -3.00. The van der Waals surface area contributed by atoms with E-state index in [-0.39, 0.29) is 28.7 Å². The van der Waals surface area contributed by atoms with Crippen molar-refractivity contribution in [3.8, 4) is 11.5 Å². The number of halogens is 5.